The van der Waals surface area contributed by atoms with Gasteiger partial charge in [-0.3, -0.25) is 4.79 Å². The molecule has 1 N–H and O–H groups in total. The first kappa shape index (κ1) is 11.6. The summed E-state index contributed by atoms with van der Waals surface area (Å²) >= 11 is 0. The van der Waals surface area contributed by atoms with Crippen LogP contribution in [-0.4, -0.2) is 10.9 Å². The quantitative estimate of drug-likeness (QED) is 0.778. The van der Waals surface area contributed by atoms with Crippen molar-refractivity contribution in [2.75, 3.05) is 5.32 Å². The summed E-state index contributed by atoms with van der Waals surface area (Å²) in [4.78, 5) is 15.1. The van der Waals surface area contributed by atoms with Gasteiger partial charge in [0, 0.05) is 5.92 Å². The van der Waals surface area contributed by atoms with Crippen LogP contribution in [0.4, 0.5) is 10.2 Å². The molecule has 4 heteroatoms. The zero-order valence-electron chi connectivity index (χ0n) is 9.12. The molecular formula is C11H15FN2O. The van der Waals surface area contributed by atoms with Gasteiger partial charge in [-0.05, 0) is 18.1 Å². The van der Waals surface area contributed by atoms with Crippen molar-refractivity contribution in [1.82, 2.24) is 4.98 Å². The van der Waals surface area contributed by atoms with E-state index in [9.17, 15) is 9.18 Å². The molecule has 0 aliphatic heterocycles. The van der Waals surface area contributed by atoms with Gasteiger partial charge in [-0.15, -0.1) is 0 Å². The lowest BCUT2D eigenvalue weighted by Gasteiger charge is -2.14. The zero-order valence-corrected chi connectivity index (χ0v) is 9.12. The Bertz CT molecular complexity index is 352. The highest BCUT2D eigenvalue weighted by atomic mass is 19.1. The average molecular weight is 210 g/mol. The molecule has 0 bridgehead atoms. The third kappa shape index (κ3) is 3.31. The topological polar surface area (TPSA) is 42.0 Å². The van der Waals surface area contributed by atoms with E-state index in [1.807, 2.05) is 20.8 Å². The number of carbonyl (C=O) groups excluding carboxylic acids is 1. The van der Waals surface area contributed by atoms with Crippen LogP contribution in [0.25, 0.3) is 0 Å². The van der Waals surface area contributed by atoms with Crippen LogP contribution in [-0.2, 0) is 4.79 Å². The Morgan fingerprint density at radius 2 is 2.07 bits per heavy atom. The minimum absolute atomic E-state index is 0.116. The van der Waals surface area contributed by atoms with Crippen molar-refractivity contribution in [3.63, 3.8) is 0 Å². The number of rotatable bonds is 3. The third-order valence-electron chi connectivity index (χ3n) is 2.38. The molecule has 0 aromatic carbocycles. The first-order valence-electron chi connectivity index (χ1n) is 4.94. The molecule has 0 aliphatic rings. The fraction of sp³-hybridized carbons (Fsp3) is 0.455. The summed E-state index contributed by atoms with van der Waals surface area (Å²) in [5.41, 5.74) is 0. The summed E-state index contributed by atoms with van der Waals surface area (Å²) in [5, 5.41) is 2.57. The molecule has 3 nitrogen and oxygen atoms in total. The second-order valence-electron chi connectivity index (χ2n) is 3.87. The lowest BCUT2D eigenvalue weighted by molar-refractivity contribution is -0.120. The highest BCUT2D eigenvalue weighted by Crippen LogP contribution is 2.12. The van der Waals surface area contributed by atoms with Gasteiger partial charge in [0.15, 0.2) is 0 Å². The molecule has 0 radical (unpaired) electrons. The van der Waals surface area contributed by atoms with Gasteiger partial charge >= 0.3 is 0 Å². The van der Waals surface area contributed by atoms with Gasteiger partial charge < -0.3 is 5.32 Å². The molecule has 1 atom stereocenters. The van der Waals surface area contributed by atoms with Gasteiger partial charge in [-0.25, -0.2) is 4.98 Å². The minimum Gasteiger partial charge on any atom is -0.310 e. The van der Waals surface area contributed by atoms with Crippen LogP contribution >= 0.6 is 0 Å². The summed E-state index contributed by atoms with van der Waals surface area (Å²) < 4.78 is 12.7. The predicted octanol–water partition coefficient (Wildman–Crippen LogP) is 2.45. The highest BCUT2D eigenvalue weighted by molar-refractivity contribution is 5.91. The molecule has 0 spiro atoms. The Balaban J connectivity index is 2.66. The van der Waals surface area contributed by atoms with Crippen LogP contribution < -0.4 is 5.32 Å². The molecule has 1 rings (SSSR count). The molecule has 0 saturated carbocycles. The van der Waals surface area contributed by atoms with Crippen LogP contribution in [0.1, 0.15) is 20.8 Å². The van der Waals surface area contributed by atoms with E-state index in [1.165, 1.54) is 12.1 Å². The van der Waals surface area contributed by atoms with Gasteiger partial charge in [0.2, 0.25) is 11.9 Å². The number of pyridine rings is 1. The standard InChI is InChI=1S/C11H15FN2O/c1-7(2)8(3)11(15)14-10-6-4-5-9(12)13-10/h4-8H,1-3H3,(H,13,14,15). The first-order chi connectivity index (χ1) is 7.00. The van der Waals surface area contributed by atoms with E-state index in [4.69, 9.17) is 0 Å². The maximum absolute atomic E-state index is 12.7. The molecule has 1 heterocycles. The maximum atomic E-state index is 12.7. The number of hydrogen-bond acceptors (Lipinski definition) is 2. The number of anilines is 1. The molecule has 1 aromatic rings. The smallest absolute Gasteiger partial charge is 0.228 e. The summed E-state index contributed by atoms with van der Waals surface area (Å²) in [6, 6.07) is 4.31. The molecule has 0 aliphatic carbocycles. The summed E-state index contributed by atoms with van der Waals surface area (Å²) in [6.07, 6.45) is 0. The second kappa shape index (κ2) is 4.87. The van der Waals surface area contributed by atoms with Gasteiger partial charge in [0.05, 0.1) is 0 Å². The Kier molecular flexibility index (Phi) is 3.77. The number of amides is 1. The van der Waals surface area contributed by atoms with Crippen molar-refractivity contribution in [3.05, 3.63) is 24.1 Å². The Morgan fingerprint density at radius 3 is 2.60 bits per heavy atom. The van der Waals surface area contributed by atoms with E-state index in [2.05, 4.69) is 10.3 Å². The lowest BCUT2D eigenvalue weighted by atomic mass is 9.97. The monoisotopic (exact) mass is 210 g/mol. The lowest BCUT2D eigenvalue weighted by Crippen LogP contribution is -2.24. The van der Waals surface area contributed by atoms with Crippen LogP contribution in [0.5, 0.6) is 0 Å². The SMILES string of the molecule is CC(C)C(C)C(=O)Nc1cccc(F)n1. The van der Waals surface area contributed by atoms with Crippen molar-refractivity contribution in [2.45, 2.75) is 20.8 Å². The van der Waals surface area contributed by atoms with Crippen LogP contribution in [0.15, 0.2) is 18.2 Å². The van der Waals surface area contributed by atoms with Crippen LogP contribution in [0.3, 0.4) is 0 Å². The normalized spacial score (nSPS) is 12.6. The molecule has 0 saturated heterocycles. The second-order valence-corrected chi connectivity index (χ2v) is 3.87. The first-order valence-corrected chi connectivity index (χ1v) is 4.94. The molecule has 82 valence electrons. The number of halogens is 1. The summed E-state index contributed by atoms with van der Waals surface area (Å²) in [5.74, 6) is -0.339. The number of aromatic nitrogens is 1. The van der Waals surface area contributed by atoms with E-state index >= 15 is 0 Å². The van der Waals surface area contributed by atoms with Crippen molar-refractivity contribution in [3.8, 4) is 0 Å². The van der Waals surface area contributed by atoms with E-state index in [-0.39, 0.29) is 23.6 Å². The Morgan fingerprint density at radius 1 is 1.40 bits per heavy atom. The Hall–Kier alpha value is -1.45. The molecule has 1 aromatic heterocycles. The van der Waals surface area contributed by atoms with Gasteiger partial charge in [-0.1, -0.05) is 26.8 Å². The largest absolute Gasteiger partial charge is 0.310 e. The molecule has 1 amide bonds. The van der Waals surface area contributed by atoms with E-state index < -0.39 is 5.95 Å². The zero-order chi connectivity index (χ0) is 11.4. The highest BCUT2D eigenvalue weighted by Gasteiger charge is 2.16. The molecule has 15 heavy (non-hydrogen) atoms. The fourth-order valence-corrected chi connectivity index (χ4v) is 1.02. The van der Waals surface area contributed by atoms with Crippen LogP contribution in [0, 0.1) is 17.8 Å². The summed E-state index contributed by atoms with van der Waals surface area (Å²) in [6.45, 7) is 5.76. The third-order valence-corrected chi connectivity index (χ3v) is 2.38. The van der Waals surface area contributed by atoms with E-state index in [0.717, 1.165) is 0 Å². The van der Waals surface area contributed by atoms with Crippen molar-refractivity contribution in [2.24, 2.45) is 11.8 Å². The number of hydrogen-bond donors (Lipinski definition) is 1. The van der Waals surface area contributed by atoms with Gasteiger partial charge in [0.25, 0.3) is 0 Å². The molecule has 1 unspecified atom stereocenters. The number of nitrogens with one attached hydrogen (secondary N) is 1. The van der Waals surface area contributed by atoms with E-state index in [0.29, 0.717) is 0 Å². The van der Waals surface area contributed by atoms with Crippen molar-refractivity contribution >= 4 is 11.7 Å². The number of nitrogens with zero attached hydrogens (tertiary/aromatic N) is 1. The average Bonchev–Trinajstić information content (AvgIpc) is 2.16. The molecule has 0 fully saturated rings. The summed E-state index contributed by atoms with van der Waals surface area (Å²) in [7, 11) is 0. The van der Waals surface area contributed by atoms with Gasteiger partial charge in [0.1, 0.15) is 5.82 Å². The molecular weight excluding hydrogens is 195 g/mol. The minimum atomic E-state index is -0.593. The number of carbonyl (C=O) groups is 1. The fourth-order valence-electron chi connectivity index (χ4n) is 1.02. The van der Waals surface area contributed by atoms with E-state index in [1.54, 1.807) is 6.07 Å². The maximum Gasteiger partial charge on any atom is 0.228 e. The van der Waals surface area contributed by atoms with Crippen molar-refractivity contribution < 1.29 is 9.18 Å². The van der Waals surface area contributed by atoms with Gasteiger partial charge in [-0.2, -0.15) is 4.39 Å². The van der Waals surface area contributed by atoms with Crippen molar-refractivity contribution in [1.29, 1.82) is 0 Å². The Labute approximate surface area is 88.7 Å². The predicted molar refractivity (Wildman–Crippen MR) is 56.8 cm³/mol. The van der Waals surface area contributed by atoms with Crippen LogP contribution in [0.2, 0.25) is 0 Å².